The SMILES string of the molecule is O=C(O)N(COCCOCCOCCO)[C@@H](Cn1ncnn1)c1ccccc1Cl. The largest absolute Gasteiger partial charge is 0.465 e. The first-order chi connectivity index (χ1) is 14.1. The molecule has 0 aliphatic heterocycles. The van der Waals surface area contributed by atoms with Gasteiger partial charge < -0.3 is 24.4 Å². The predicted octanol–water partition coefficient (Wildman–Crippen LogP) is 1.05. The Balaban J connectivity index is 1.93. The van der Waals surface area contributed by atoms with Crippen molar-refractivity contribution in [3.8, 4) is 0 Å². The summed E-state index contributed by atoms with van der Waals surface area (Å²) in [6.45, 7) is 1.34. The number of nitrogens with zero attached hydrogens (tertiary/aromatic N) is 5. The molecule has 2 rings (SSSR count). The number of carboxylic acid groups (broad SMARTS) is 1. The summed E-state index contributed by atoms with van der Waals surface area (Å²) in [5, 5.41) is 30.1. The molecule has 0 aliphatic rings. The topological polar surface area (TPSA) is 132 Å². The molecule has 0 aliphatic carbocycles. The average molecular weight is 430 g/mol. The number of rotatable bonds is 14. The summed E-state index contributed by atoms with van der Waals surface area (Å²) in [7, 11) is 0. The molecule has 2 aromatic rings. The second-order valence-corrected chi connectivity index (χ2v) is 6.17. The molecule has 2 N–H and O–H groups in total. The Morgan fingerprint density at radius 3 is 2.45 bits per heavy atom. The number of halogens is 1. The molecular weight excluding hydrogens is 406 g/mol. The fourth-order valence-corrected chi connectivity index (χ4v) is 2.74. The number of aromatic nitrogens is 4. The summed E-state index contributed by atoms with van der Waals surface area (Å²) in [6.07, 6.45) is 0.0979. The summed E-state index contributed by atoms with van der Waals surface area (Å²) < 4.78 is 15.9. The number of ether oxygens (including phenoxy) is 3. The molecule has 0 unspecified atom stereocenters. The highest BCUT2D eigenvalue weighted by Crippen LogP contribution is 2.28. The van der Waals surface area contributed by atoms with Gasteiger partial charge in [-0.15, -0.1) is 10.2 Å². The van der Waals surface area contributed by atoms with Gasteiger partial charge in [0, 0.05) is 5.02 Å². The second-order valence-electron chi connectivity index (χ2n) is 5.77. The number of amides is 1. The number of hydrogen-bond acceptors (Lipinski definition) is 8. The van der Waals surface area contributed by atoms with E-state index in [1.807, 2.05) is 0 Å². The minimum Gasteiger partial charge on any atom is -0.465 e. The van der Waals surface area contributed by atoms with Crippen LogP contribution in [-0.4, -0.2) is 87.8 Å². The van der Waals surface area contributed by atoms with Gasteiger partial charge in [0.05, 0.1) is 52.2 Å². The molecule has 1 aromatic heterocycles. The van der Waals surface area contributed by atoms with Crippen LogP contribution in [0, 0.1) is 0 Å². The van der Waals surface area contributed by atoms with Crippen LogP contribution < -0.4 is 0 Å². The van der Waals surface area contributed by atoms with Crippen molar-refractivity contribution in [2.75, 3.05) is 46.4 Å². The molecule has 11 nitrogen and oxygen atoms in total. The molecule has 0 radical (unpaired) electrons. The standard InChI is InChI=1S/C17H24ClN5O6/c18-15-4-2-1-3-14(15)16(11-23-20-12-19-21-23)22(17(25)26)13-29-10-9-28-8-7-27-6-5-24/h1-4,12,16,24H,5-11,13H2,(H,25,26)/t16-/m0/s1. The van der Waals surface area contributed by atoms with Gasteiger partial charge in [0.1, 0.15) is 6.73 Å². The van der Waals surface area contributed by atoms with Gasteiger partial charge in [0.2, 0.25) is 0 Å². The van der Waals surface area contributed by atoms with Crippen LogP contribution >= 0.6 is 11.6 Å². The van der Waals surface area contributed by atoms with Gasteiger partial charge in [-0.1, -0.05) is 29.8 Å². The van der Waals surface area contributed by atoms with E-state index in [0.717, 1.165) is 4.90 Å². The van der Waals surface area contributed by atoms with Crippen LogP contribution in [0.25, 0.3) is 0 Å². The third kappa shape index (κ3) is 7.91. The minimum absolute atomic E-state index is 0.0369. The van der Waals surface area contributed by atoms with Crippen molar-refractivity contribution in [1.82, 2.24) is 25.1 Å². The van der Waals surface area contributed by atoms with Crippen LogP contribution in [0.15, 0.2) is 30.6 Å². The first kappa shape index (κ1) is 23.0. The highest BCUT2D eigenvalue weighted by atomic mass is 35.5. The lowest BCUT2D eigenvalue weighted by Gasteiger charge is -2.29. The Kier molecular flexibility index (Phi) is 10.3. The smallest absolute Gasteiger partial charge is 0.409 e. The third-order valence-electron chi connectivity index (χ3n) is 3.82. The molecule has 0 bridgehead atoms. The summed E-state index contributed by atoms with van der Waals surface area (Å²) in [5.41, 5.74) is 0.606. The number of aliphatic hydroxyl groups excluding tert-OH is 1. The summed E-state index contributed by atoms with van der Waals surface area (Å²) >= 11 is 6.29. The van der Waals surface area contributed by atoms with Gasteiger partial charge >= 0.3 is 6.09 Å². The zero-order chi connectivity index (χ0) is 20.9. The van der Waals surface area contributed by atoms with E-state index in [1.165, 1.54) is 11.1 Å². The highest BCUT2D eigenvalue weighted by molar-refractivity contribution is 6.31. The molecule has 1 heterocycles. The normalized spacial score (nSPS) is 12.1. The molecule has 29 heavy (non-hydrogen) atoms. The quantitative estimate of drug-likeness (QED) is 0.334. The van der Waals surface area contributed by atoms with Crippen LogP contribution in [0.4, 0.5) is 4.79 Å². The van der Waals surface area contributed by atoms with Crippen molar-refractivity contribution in [1.29, 1.82) is 0 Å². The molecule has 0 saturated carbocycles. The molecule has 0 spiro atoms. The lowest BCUT2D eigenvalue weighted by molar-refractivity contribution is -0.0278. The molecule has 1 atom stereocenters. The average Bonchev–Trinajstić information content (AvgIpc) is 3.22. The van der Waals surface area contributed by atoms with E-state index in [2.05, 4.69) is 15.4 Å². The van der Waals surface area contributed by atoms with Gasteiger partial charge in [-0.3, -0.25) is 4.90 Å². The number of aliphatic hydroxyl groups is 1. The van der Waals surface area contributed by atoms with Crippen molar-refractivity contribution in [3.63, 3.8) is 0 Å². The molecular formula is C17H24ClN5O6. The Labute approximate surface area is 172 Å². The molecule has 160 valence electrons. The van der Waals surface area contributed by atoms with Gasteiger partial charge in [-0.05, 0) is 16.8 Å². The van der Waals surface area contributed by atoms with E-state index in [-0.39, 0.29) is 39.7 Å². The molecule has 1 aromatic carbocycles. The highest BCUT2D eigenvalue weighted by Gasteiger charge is 2.28. The fraction of sp³-hybridized carbons (Fsp3) is 0.529. The van der Waals surface area contributed by atoms with Crippen molar-refractivity contribution in [3.05, 3.63) is 41.2 Å². The van der Waals surface area contributed by atoms with E-state index in [4.69, 9.17) is 30.9 Å². The minimum atomic E-state index is -1.17. The maximum absolute atomic E-state index is 11.9. The van der Waals surface area contributed by atoms with Crippen LogP contribution in [-0.2, 0) is 20.8 Å². The summed E-state index contributed by atoms with van der Waals surface area (Å²) in [6, 6.07) is 6.29. The summed E-state index contributed by atoms with van der Waals surface area (Å²) in [5.74, 6) is 0. The van der Waals surface area contributed by atoms with Crippen molar-refractivity contribution >= 4 is 17.7 Å². The van der Waals surface area contributed by atoms with Gasteiger partial charge in [-0.25, -0.2) is 4.79 Å². The Bertz CT molecular complexity index is 720. The third-order valence-corrected chi connectivity index (χ3v) is 4.17. The van der Waals surface area contributed by atoms with Crippen LogP contribution in [0.3, 0.4) is 0 Å². The summed E-state index contributed by atoms with van der Waals surface area (Å²) in [4.78, 5) is 14.3. The number of benzene rings is 1. The van der Waals surface area contributed by atoms with Gasteiger partial charge in [0.15, 0.2) is 6.33 Å². The second kappa shape index (κ2) is 13.0. The van der Waals surface area contributed by atoms with E-state index in [9.17, 15) is 9.90 Å². The maximum atomic E-state index is 11.9. The zero-order valence-corrected chi connectivity index (χ0v) is 16.5. The Hall–Kier alpha value is -2.31. The van der Waals surface area contributed by atoms with E-state index in [1.54, 1.807) is 24.3 Å². The number of carbonyl (C=O) groups is 1. The number of hydrogen-bond donors (Lipinski definition) is 2. The maximum Gasteiger partial charge on any atom is 0.409 e. The first-order valence-corrected chi connectivity index (χ1v) is 9.30. The fourth-order valence-electron chi connectivity index (χ4n) is 2.48. The van der Waals surface area contributed by atoms with Crippen molar-refractivity contribution < 1.29 is 29.2 Å². The zero-order valence-electron chi connectivity index (χ0n) is 15.8. The lowest BCUT2D eigenvalue weighted by Crippen LogP contribution is -2.38. The predicted molar refractivity (Wildman–Crippen MR) is 101 cm³/mol. The van der Waals surface area contributed by atoms with Crippen LogP contribution in [0.2, 0.25) is 5.02 Å². The molecule has 0 saturated heterocycles. The molecule has 0 fully saturated rings. The van der Waals surface area contributed by atoms with E-state index in [0.29, 0.717) is 23.8 Å². The molecule has 12 heteroatoms. The first-order valence-electron chi connectivity index (χ1n) is 8.92. The van der Waals surface area contributed by atoms with E-state index >= 15 is 0 Å². The lowest BCUT2D eigenvalue weighted by atomic mass is 10.1. The van der Waals surface area contributed by atoms with Crippen molar-refractivity contribution in [2.24, 2.45) is 0 Å². The van der Waals surface area contributed by atoms with Crippen LogP contribution in [0.1, 0.15) is 11.6 Å². The monoisotopic (exact) mass is 429 g/mol. The Morgan fingerprint density at radius 1 is 1.14 bits per heavy atom. The van der Waals surface area contributed by atoms with Gasteiger partial charge in [0.25, 0.3) is 0 Å². The van der Waals surface area contributed by atoms with Crippen molar-refractivity contribution in [2.45, 2.75) is 12.6 Å². The Morgan fingerprint density at radius 2 is 1.83 bits per heavy atom. The van der Waals surface area contributed by atoms with Gasteiger partial charge in [-0.2, -0.15) is 4.80 Å². The van der Waals surface area contributed by atoms with Crippen LogP contribution in [0.5, 0.6) is 0 Å². The number of tetrazole rings is 1. The molecule has 1 amide bonds. The van der Waals surface area contributed by atoms with E-state index < -0.39 is 12.1 Å².